The lowest BCUT2D eigenvalue weighted by molar-refractivity contribution is -0.115. The van der Waals surface area contributed by atoms with Crippen molar-refractivity contribution in [3.8, 4) is 11.6 Å². The van der Waals surface area contributed by atoms with Crippen LogP contribution in [0.5, 0.6) is 0 Å². The van der Waals surface area contributed by atoms with Crippen molar-refractivity contribution >= 4 is 35.0 Å². The molecular weight excluding hydrogens is 384 g/mol. The first-order chi connectivity index (χ1) is 13.0. The number of carbonyl (C=O) groups is 1. The third-order valence-corrected chi connectivity index (χ3v) is 5.19. The number of carbonyl (C=O) groups excluding carboxylic acids is 1. The minimum Gasteiger partial charge on any atom is -0.461 e. The van der Waals surface area contributed by atoms with Crippen molar-refractivity contribution < 1.29 is 9.21 Å². The molecule has 0 saturated heterocycles. The zero-order chi connectivity index (χ0) is 19.4. The molecule has 0 aliphatic carbocycles. The zero-order valence-electron chi connectivity index (χ0n) is 15.0. The van der Waals surface area contributed by atoms with E-state index in [1.807, 2.05) is 30.5 Å². The number of anilines is 1. The highest BCUT2D eigenvalue weighted by atomic mass is 35.5. The van der Waals surface area contributed by atoms with Gasteiger partial charge in [0.15, 0.2) is 10.9 Å². The van der Waals surface area contributed by atoms with Gasteiger partial charge in [0.1, 0.15) is 0 Å². The van der Waals surface area contributed by atoms with Gasteiger partial charge in [-0.05, 0) is 43.7 Å². The van der Waals surface area contributed by atoms with E-state index in [-0.39, 0.29) is 11.2 Å². The average molecular weight is 403 g/mol. The van der Waals surface area contributed by atoms with E-state index in [1.54, 1.807) is 30.5 Å². The van der Waals surface area contributed by atoms with Crippen molar-refractivity contribution in [1.29, 1.82) is 0 Å². The van der Waals surface area contributed by atoms with Crippen molar-refractivity contribution in [3.05, 3.63) is 59.8 Å². The quantitative estimate of drug-likeness (QED) is 0.453. The molecule has 2 aromatic heterocycles. The summed E-state index contributed by atoms with van der Waals surface area (Å²) in [6.07, 6.45) is 3.33. The summed E-state index contributed by atoms with van der Waals surface area (Å²) in [6, 6.07) is 9.00. The van der Waals surface area contributed by atoms with Gasteiger partial charge in [-0.2, -0.15) is 0 Å². The van der Waals surface area contributed by atoms with E-state index in [0.717, 1.165) is 5.56 Å². The first-order valence-corrected chi connectivity index (χ1v) is 9.57. The van der Waals surface area contributed by atoms with Crippen LogP contribution in [0, 0.1) is 6.92 Å². The fourth-order valence-electron chi connectivity index (χ4n) is 2.43. The first kappa shape index (κ1) is 19.3. The van der Waals surface area contributed by atoms with E-state index >= 15 is 0 Å². The van der Waals surface area contributed by atoms with Crippen molar-refractivity contribution in [1.82, 2.24) is 14.8 Å². The zero-order valence-corrected chi connectivity index (χ0v) is 16.5. The van der Waals surface area contributed by atoms with Crippen LogP contribution < -0.4 is 5.32 Å². The standard InChI is InChI=1S/C19H19ClN4O2S/c1-4-9-24-17(16-6-5-10-26-16)22-23-19(24)27-13(3)18(25)21-15-11-14(20)8-7-12(15)2/h4-8,10-11,13H,1,9H2,2-3H3,(H,21,25). The third kappa shape index (κ3) is 4.43. The molecule has 1 atom stereocenters. The Bertz CT molecular complexity index is 953. The Morgan fingerprint density at radius 2 is 2.26 bits per heavy atom. The second-order valence-corrected chi connectivity index (χ2v) is 7.64. The lowest BCUT2D eigenvalue weighted by Crippen LogP contribution is -2.23. The largest absolute Gasteiger partial charge is 0.461 e. The minimum atomic E-state index is -0.388. The number of benzene rings is 1. The summed E-state index contributed by atoms with van der Waals surface area (Å²) in [4.78, 5) is 12.6. The number of allylic oxidation sites excluding steroid dienone is 1. The molecule has 3 aromatic rings. The van der Waals surface area contributed by atoms with E-state index in [4.69, 9.17) is 16.0 Å². The Hall–Kier alpha value is -2.51. The van der Waals surface area contributed by atoms with Crippen molar-refractivity contribution in [3.63, 3.8) is 0 Å². The number of hydrogen-bond acceptors (Lipinski definition) is 5. The smallest absolute Gasteiger partial charge is 0.237 e. The van der Waals surface area contributed by atoms with Gasteiger partial charge in [0.05, 0.1) is 11.5 Å². The van der Waals surface area contributed by atoms with Gasteiger partial charge >= 0.3 is 0 Å². The molecule has 0 radical (unpaired) electrons. The molecule has 2 heterocycles. The highest BCUT2D eigenvalue weighted by Crippen LogP contribution is 2.28. The summed E-state index contributed by atoms with van der Waals surface area (Å²) in [5.41, 5.74) is 1.64. The molecule has 140 valence electrons. The number of amides is 1. The van der Waals surface area contributed by atoms with Crippen LogP contribution in [-0.4, -0.2) is 25.9 Å². The van der Waals surface area contributed by atoms with Gasteiger partial charge in [-0.25, -0.2) is 0 Å². The summed E-state index contributed by atoms with van der Waals surface area (Å²) < 4.78 is 7.28. The highest BCUT2D eigenvalue weighted by Gasteiger charge is 2.21. The van der Waals surface area contributed by atoms with Crippen LogP contribution in [0.1, 0.15) is 12.5 Å². The second-order valence-electron chi connectivity index (χ2n) is 5.89. The van der Waals surface area contributed by atoms with E-state index < -0.39 is 0 Å². The van der Waals surface area contributed by atoms with Crippen LogP contribution in [0.2, 0.25) is 5.02 Å². The first-order valence-electron chi connectivity index (χ1n) is 8.31. The van der Waals surface area contributed by atoms with Crippen LogP contribution in [-0.2, 0) is 11.3 Å². The van der Waals surface area contributed by atoms with Gasteiger partial charge in [0.25, 0.3) is 0 Å². The molecule has 0 fully saturated rings. The molecule has 1 amide bonds. The van der Waals surface area contributed by atoms with Crippen LogP contribution in [0.4, 0.5) is 5.69 Å². The Kier molecular flexibility index (Phi) is 6.03. The van der Waals surface area contributed by atoms with Crippen molar-refractivity contribution in [2.45, 2.75) is 30.8 Å². The number of thioether (sulfide) groups is 1. The van der Waals surface area contributed by atoms with Gasteiger partial charge in [0.2, 0.25) is 11.7 Å². The van der Waals surface area contributed by atoms with Gasteiger partial charge < -0.3 is 9.73 Å². The van der Waals surface area contributed by atoms with Crippen molar-refractivity contribution in [2.24, 2.45) is 0 Å². The second kappa shape index (κ2) is 8.45. The van der Waals surface area contributed by atoms with Gasteiger partial charge in [-0.1, -0.05) is 35.5 Å². The van der Waals surface area contributed by atoms with E-state index in [0.29, 0.717) is 34.0 Å². The van der Waals surface area contributed by atoms with Crippen LogP contribution in [0.3, 0.4) is 0 Å². The molecule has 1 aromatic carbocycles. The fourth-order valence-corrected chi connectivity index (χ4v) is 3.46. The van der Waals surface area contributed by atoms with Gasteiger partial charge in [0, 0.05) is 17.3 Å². The predicted molar refractivity (Wildman–Crippen MR) is 108 cm³/mol. The molecule has 1 N–H and O–H groups in total. The molecule has 27 heavy (non-hydrogen) atoms. The molecular formula is C19H19ClN4O2S. The maximum atomic E-state index is 12.6. The number of halogens is 1. The molecule has 8 heteroatoms. The van der Waals surface area contributed by atoms with E-state index in [2.05, 4.69) is 22.1 Å². The van der Waals surface area contributed by atoms with Gasteiger partial charge in [-0.3, -0.25) is 9.36 Å². The predicted octanol–water partition coefficient (Wildman–Crippen LogP) is 4.81. The number of hydrogen-bond donors (Lipinski definition) is 1. The van der Waals surface area contributed by atoms with Crippen LogP contribution in [0.15, 0.2) is 58.8 Å². The number of furan rings is 1. The molecule has 0 bridgehead atoms. The molecule has 1 unspecified atom stereocenters. The van der Waals surface area contributed by atoms with Crippen LogP contribution >= 0.6 is 23.4 Å². The average Bonchev–Trinajstić information content (AvgIpc) is 3.29. The Morgan fingerprint density at radius 3 is 2.96 bits per heavy atom. The highest BCUT2D eigenvalue weighted by molar-refractivity contribution is 8.00. The molecule has 3 rings (SSSR count). The number of nitrogens with zero attached hydrogens (tertiary/aromatic N) is 3. The normalized spacial score (nSPS) is 12.0. The summed E-state index contributed by atoms with van der Waals surface area (Å²) >= 11 is 7.34. The number of rotatable bonds is 7. The number of nitrogens with one attached hydrogen (secondary N) is 1. The Labute approximate surface area is 166 Å². The Morgan fingerprint density at radius 1 is 1.44 bits per heavy atom. The summed E-state index contributed by atoms with van der Waals surface area (Å²) in [5.74, 6) is 1.07. The topological polar surface area (TPSA) is 73.0 Å². The van der Waals surface area contributed by atoms with E-state index in [9.17, 15) is 4.79 Å². The third-order valence-electron chi connectivity index (χ3n) is 3.88. The monoisotopic (exact) mass is 402 g/mol. The number of aryl methyl sites for hydroxylation is 1. The van der Waals surface area contributed by atoms with Gasteiger partial charge in [-0.15, -0.1) is 16.8 Å². The van der Waals surface area contributed by atoms with Crippen molar-refractivity contribution in [2.75, 3.05) is 5.32 Å². The van der Waals surface area contributed by atoms with E-state index in [1.165, 1.54) is 11.8 Å². The summed E-state index contributed by atoms with van der Waals surface area (Å²) in [5, 5.41) is 12.1. The number of aromatic nitrogens is 3. The maximum Gasteiger partial charge on any atom is 0.237 e. The SMILES string of the molecule is C=CCn1c(SC(C)C(=O)Nc2cc(Cl)ccc2C)nnc1-c1ccco1. The Balaban J connectivity index is 1.77. The minimum absolute atomic E-state index is 0.141. The molecule has 0 spiro atoms. The fraction of sp³-hybridized carbons (Fsp3) is 0.211. The summed E-state index contributed by atoms with van der Waals surface area (Å²) in [6.45, 7) is 8.02. The lowest BCUT2D eigenvalue weighted by Gasteiger charge is -2.14. The molecule has 6 nitrogen and oxygen atoms in total. The molecule has 0 saturated carbocycles. The maximum absolute atomic E-state index is 12.6. The van der Waals surface area contributed by atoms with Crippen LogP contribution in [0.25, 0.3) is 11.6 Å². The molecule has 0 aliphatic rings. The lowest BCUT2D eigenvalue weighted by atomic mass is 10.2. The molecule has 0 aliphatic heterocycles. The summed E-state index contributed by atoms with van der Waals surface area (Å²) in [7, 11) is 0.